The van der Waals surface area contributed by atoms with Gasteiger partial charge in [-0.1, -0.05) is 12.8 Å². The van der Waals surface area contributed by atoms with Crippen molar-refractivity contribution in [2.45, 2.75) is 76.2 Å². The lowest BCUT2D eigenvalue weighted by molar-refractivity contribution is -0.126. The molecule has 1 N–H and O–H groups in total. The molecule has 0 aromatic heterocycles. The first-order chi connectivity index (χ1) is 12.2. The molecule has 148 valence electrons. The van der Waals surface area contributed by atoms with Gasteiger partial charge in [-0.25, -0.2) is 0 Å². The number of nitrogens with one attached hydrogen (secondary N) is 1. The lowest BCUT2D eigenvalue weighted by Crippen LogP contribution is -2.65. The van der Waals surface area contributed by atoms with E-state index in [4.69, 9.17) is 9.47 Å². The quantitative estimate of drug-likeness (QED) is 0.388. The summed E-state index contributed by atoms with van der Waals surface area (Å²) in [6.45, 7) is 5.22. The fourth-order valence-corrected chi connectivity index (χ4v) is 6.67. The topological polar surface area (TPSA) is 46.1 Å². The van der Waals surface area contributed by atoms with Gasteiger partial charge in [-0.05, 0) is 39.0 Å². The molecule has 5 nitrogen and oxygen atoms in total. The van der Waals surface area contributed by atoms with Gasteiger partial charge in [-0.3, -0.25) is 4.99 Å². The first kappa shape index (κ1) is 19.2. The molecule has 2 aliphatic carbocycles. The molecule has 26 heavy (non-hydrogen) atoms. The van der Waals surface area contributed by atoms with Crippen LogP contribution in [0.3, 0.4) is 0 Å². The monoisotopic (exact) mass is 475 g/mol. The fourth-order valence-electron chi connectivity index (χ4n) is 6.67. The summed E-state index contributed by atoms with van der Waals surface area (Å²) in [7, 11) is 1.95. The summed E-state index contributed by atoms with van der Waals surface area (Å²) < 4.78 is 12.2. The number of fused-ring (bicyclic) bond motifs is 5. The molecule has 0 radical (unpaired) electrons. The minimum absolute atomic E-state index is 0. The van der Waals surface area contributed by atoms with Crippen LogP contribution in [0.25, 0.3) is 0 Å². The van der Waals surface area contributed by atoms with E-state index in [2.05, 4.69) is 22.1 Å². The minimum Gasteiger partial charge on any atom is -0.378 e. The van der Waals surface area contributed by atoms with Gasteiger partial charge in [0, 0.05) is 50.0 Å². The van der Waals surface area contributed by atoms with Crippen molar-refractivity contribution in [2.24, 2.45) is 22.2 Å². The molecule has 3 aliphatic heterocycles. The van der Waals surface area contributed by atoms with E-state index in [9.17, 15) is 0 Å². The minimum atomic E-state index is 0. The van der Waals surface area contributed by atoms with Crippen molar-refractivity contribution in [1.82, 2.24) is 10.2 Å². The lowest BCUT2D eigenvalue weighted by atomic mass is 9.60. The average molecular weight is 475 g/mol. The number of hydrogen-bond acceptors (Lipinski definition) is 3. The molecule has 2 saturated carbocycles. The van der Waals surface area contributed by atoms with Gasteiger partial charge in [0.1, 0.15) is 0 Å². The highest BCUT2D eigenvalue weighted by Gasteiger charge is 2.58. The van der Waals surface area contributed by atoms with Crippen molar-refractivity contribution in [3.63, 3.8) is 0 Å². The number of rotatable bonds is 3. The Hall–Kier alpha value is -0.0800. The normalized spacial score (nSPS) is 42.7. The Balaban J connectivity index is 0.00000168. The zero-order chi connectivity index (χ0) is 17.0. The van der Waals surface area contributed by atoms with Gasteiger partial charge >= 0.3 is 0 Å². The maximum absolute atomic E-state index is 6.13. The Labute approximate surface area is 174 Å². The van der Waals surface area contributed by atoms with E-state index in [0.29, 0.717) is 29.8 Å². The molecule has 0 aromatic carbocycles. The van der Waals surface area contributed by atoms with Crippen molar-refractivity contribution in [2.75, 3.05) is 26.7 Å². The predicted octanol–water partition coefficient (Wildman–Crippen LogP) is 3.03. The number of likely N-dealkylation sites (tertiary alicyclic amines) is 1. The van der Waals surface area contributed by atoms with Gasteiger partial charge in [0.15, 0.2) is 5.96 Å². The summed E-state index contributed by atoms with van der Waals surface area (Å²) in [6, 6.07) is 0.540. The number of aliphatic imine (C=N–C) groups is 1. The van der Waals surface area contributed by atoms with E-state index in [1.807, 2.05) is 7.05 Å². The van der Waals surface area contributed by atoms with Crippen LogP contribution in [-0.4, -0.2) is 62.0 Å². The number of nitrogens with zero attached hydrogens (tertiary/aromatic N) is 2. The molecule has 2 bridgehead atoms. The number of guanidine groups is 1. The molecule has 3 heterocycles. The van der Waals surface area contributed by atoms with E-state index < -0.39 is 0 Å². The lowest BCUT2D eigenvalue weighted by Gasteiger charge is -2.54. The highest BCUT2D eigenvalue weighted by atomic mass is 127. The molecule has 3 saturated heterocycles. The third kappa shape index (κ3) is 2.81. The Morgan fingerprint density at radius 2 is 1.85 bits per heavy atom. The van der Waals surface area contributed by atoms with E-state index in [0.717, 1.165) is 43.9 Å². The average Bonchev–Trinajstić information content (AvgIpc) is 3.38. The molecule has 6 atom stereocenters. The molecule has 0 amide bonds. The van der Waals surface area contributed by atoms with Gasteiger partial charge in [0.2, 0.25) is 0 Å². The van der Waals surface area contributed by atoms with Gasteiger partial charge in [0.05, 0.1) is 18.3 Å². The smallest absolute Gasteiger partial charge is 0.193 e. The molecule has 1 spiro atoms. The SMILES string of the molecule is CCOC1CC(NC(=NC)N2CC3C4CCC(O4)C3C2)C12CCCC2.I. The Bertz CT molecular complexity index is 533. The first-order valence-corrected chi connectivity index (χ1v) is 10.5. The molecular weight excluding hydrogens is 441 g/mol. The first-order valence-electron chi connectivity index (χ1n) is 10.5. The highest BCUT2D eigenvalue weighted by Crippen LogP contribution is 2.55. The van der Waals surface area contributed by atoms with Crippen molar-refractivity contribution >= 4 is 29.9 Å². The van der Waals surface area contributed by atoms with Crippen LogP contribution < -0.4 is 5.32 Å². The van der Waals surface area contributed by atoms with Crippen molar-refractivity contribution in [1.29, 1.82) is 0 Å². The van der Waals surface area contributed by atoms with Crippen LogP contribution in [0.4, 0.5) is 0 Å². The van der Waals surface area contributed by atoms with Crippen LogP contribution in [0.2, 0.25) is 0 Å². The molecule has 5 aliphatic rings. The second-order valence-electron chi connectivity index (χ2n) is 8.89. The summed E-state index contributed by atoms with van der Waals surface area (Å²) >= 11 is 0. The van der Waals surface area contributed by atoms with Crippen molar-refractivity contribution < 1.29 is 9.47 Å². The van der Waals surface area contributed by atoms with Gasteiger partial charge < -0.3 is 19.7 Å². The molecule has 6 unspecified atom stereocenters. The van der Waals surface area contributed by atoms with Gasteiger partial charge in [0.25, 0.3) is 0 Å². The van der Waals surface area contributed by atoms with E-state index in [-0.39, 0.29) is 24.0 Å². The van der Waals surface area contributed by atoms with E-state index in [1.54, 1.807) is 0 Å². The second kappa shape index (κ2) is 7.39. The summed E-state index contributed by atoms with van der Waals surface area (Å²) in [4.78, 5) is 7.18. The molecule has 5 rings (SSSR count). The molecular formula is C20H34IN3O2. The van der Waals surface area contributed by atoms with Crippen LogP contribution >= 0.6 is 24.0 Å². The zero-order valence-electron chi connectivity index (χ0n) is 16.2. The van der Waals surface area contributed by atoms with Gasteiger partial charge in [-0.2, -0.15) is 0 Å². The Morgan fingerprint density at radius 3 is 2.42 bits per heavy atom. The Morgan fingerprint density at radius 1 is 1.19 bits per heavy atom. The second-order valence-corrected chi connectivity index (χ2v) is 8.89. The molecule has 0 aromatic rings. The highest BCUT2D eigenvalue weighted by molar-refractivity contribution is 14.0. The van der Waals surface area contributed by atoms with Crippen LogP contribution in [0.5, 0.6) is 0 Å². The van der Waals surface area contributed by atoms with Crippen LogP contribution in [0.15, 0.2) is 4.99 Å². The largest absolute Gasteiger partial charge is 0.378 e. The molecule has 5 fully saturated rings. The maximum atomic E-state index is 6.13. The summed E-state index contributed by atoms with van der Waals surface area (Å²) in [5.74, 6) is 2.59. The fraction of sp³-hybridized carbons (Fsp3) is 0.950. The maximum Gasteiger partial charge on any atom is 0.193 e. The van der Waals surface area contributed by atoms with Crippen molar-refractivity contribution in [3.05, 3.63) is 0 Å². The Kier molecular flexibility index (Phi) is 5.47. The van der Waals surface area contributed by atoms with Gasteiger partial charge in [-0.15, -0.1) is 24.0 Å². The van der Waals surface area contributed by atoms with Crippen molar-refractivity contribution in [3.8, 4) is 0 Å². The zero-order valence-corrected chi connectivity index (χ0v) is 18.5. The summed E-state index contributed by atoms with van der Waals surface area (Å²) in [6.07, 6.45) is 10.5. The summed E-state index contributed by atoms with van der Waals surface area (Å²) in [5.41, 5.74) is 0.365. The molecule has 6 heteroatoms. The van der Waals surface area contributed by atoms with Crippen LogP contribution in [0.1, 0.15) is 51.9 Å². The predicted molar refractivity (Wildman–Crippen MR) is 113 cm³/mol. The number of ether oxygens (including phenoxy) is 2. The van der Waals surface area contributed by atoms with Crippen LogP contribution in [-0.2, 0) is 9.47 Å². The summed E-state index contributed by atoms with van der Waals surface area (Å²) in [5, 5.41) is 3.86. The number of hydrogen-bond donors (Lipinski definition) is 1. The third-order valence-corrected chi connectivity index (χ3v) is 7.95. The number of halogens is 1. The van der Waals surface area contributed by atoms with E-state index in [1.165, 1.54) is 38.5 Å². The van der Waals surface area contributed by atoms with E-state index >= 15 is 0 Å². The third-order valence-electron chi connectivity index (χ3n) is 7.95. The standard InChI is InChI=1S/C20H33N3O2.HI/c1-3-24-18-10-17(20(18)8-4-5-9-20)22-19(21-2)23-11-13-14(12-23)16-7-6-15(13)25-16;/h13-18H,3-12H2,1-2H3,(H,21,22);1H. The van der Waals surface area contributed by atoms with Crippen LogP contribution in [0, 0.1) is 17.3 Å².